The van der Waals surface area contributed by atoms with Crippen LogP contribution in [0.15, 0.2) is 78.4 Å². The Bertz CT molecular complexity index is 932. The van der Waals surface area contributed by atoms with Crippen molar-refractivity contribution in [1.29, 1.82) is 0 Å². The van der Waals surface area contributed by atoms with Gasteiger partial charge in [0.05, 0.1) is 7.11 Å². The van der Waals surface area contributed by atoms with E-state index in [2.05, 4.69) is 55.5 Å². The molecular formula is C22H21BF4O2. The third-order valence-corrected chi connectivity index (χ3v) is 4.17. The molecule has 0 aromatic heterocycles. The molecule has 29 heavy (non-hydrogen) atoms. The first-order valence-corrected chi connectivity index (χ1v) is 8.82. The molecule has 0 radical (unpaired) electrons. The molecule has 0 spiro atoms. The van der Waals surface area contributed by atoms with Gasteiger partial charge in [-0.1, -0.05) is 36.4 Å². The molecule has 2 nitrogen and oxygen atoms in total. The van der Waals surface area contributed by atoms with E-state index >= 15 is 0 Å². The third-order valence-electron chi connectivity index (χ3n) is 4.17. The highest BCUT2D eigenvalue weighted by atomic mass is 19.5. The van der Waals surface area contributed by atoms with E-state index in [1.807, 2.05) is 24.3 Å². The number of benzene rings is 2. The first-order valence-electron chi connectivity index (χ1n) is 8.82. The monoisotopic (exact) mass is 404 g/mol. The average molecular weight is 404 g/mol. The summed E-state index contributed by atoms with van der Waals surface area (Å²) < 4.78 is 49.6. The molecule has 0 saturated carbocycles. The second kappa shape index (κ2) is 9.91. The zero-order valence-electron chi connectivity index (χ0n) is 16.3. The number of hydrogen-bond acceptors (Lipinski definition) is 1. The zero-order valence-corrected chi connectivity index (χ0v) is 16.3. The van der Waals surface area contributed by atoms with Gasteiger partial charge in [-0.05, 0) is 59.0 Å². The molecule has 0 heterocycles. The van der Waals surface area contributed by atoms with Gasteiger partial charge in [0.2, 0.25) is 0 Å². The molecule has 0 atom stereocenters. The Balaban J connectivity index is 0.000000537. The van der Waals surface area contributed by atoms with Crippen LogP contribution in [-0.4, -0.2) is 27.3 Å². The van der Waals surface area contributed by atoms with Crippen LogP contribution in [-0.2, 0) is 4.42 Å². The Hall–Kier alpha value is -3.09. The lowest BCUT2D eigenvalue weighted by molar-refractivity contribution is -0.417. The molecule has 2 aromatic carbocycles. The zero-order chi connectivity index (χ0) is 21.4. The summed E-state index contributed by atoms with van der Waals surface area (Å²) >= 11 is 0. The van der Waals surface area contributed by atoms with Gasteiger partial charge in [0.1, 0.15) is 5.75 Å². The van der Waals surface area contributed by atoms with Crippen molar-refractivity contribution in [3.8, 4) is 5.75 Å². The summed E-state index contributed by atoms with van der Waals surface area (Å²) in [6, 6.07) is 16.7. The predicted molar refractivity (Wildman–Crippen MR) is 110 cm³/mol. The highest BCUT2D eigenvalue weighted by Gasteiger charge is 2.20. The molecule has 0 aliphatic heterocycles. The van der Waals surface area contributed by atoms with E-state index in [0.29, 0.717) is 0 Å². The number of aryl methyl sites for hydroxylation is 1. The predicted octanol–water partition coefficient (Wildman–Crippen LogP) is 5.97. The molecule has 2 aromatic rings. The number of halogens is 4. The van der Waals surface area contributed by atoms with Gasteiger partial charge >= 0.3 is 13.0 Å². The van der Waals surface area contributed by atoms with E-state index in [-0.39, 0.29) is 0 Å². The number of rotatable bonds is 3. The number of ether oxygens (including phenoxy) is 1. The van der Waals surface area contributed by atoms with Gasteiger partial charge in [-0.25, -0.2) is 0 Å². The molecule has 1 aliphatic rings. The van der Waals surface area contributed by atoms with Gasteiger partial charge in [-0.2, -0.15) is 0 Å². The highest BCUT2D eigenvalue weighted by Crippen LogP contribution is 2.32. The maximum absolute atomic E-state index is 9.75. The number of ketones is 1. The molecule has 3 rings (SSSR count). The molecular weight excluding hydrogens is 383 g/mol. The Kier molecular flexibility index (Phi) is 7.59. The molecule has 7 heteroatoms. The van der Waals surface area contributed by atoms with E-state index in [1.54, 1.807) is 14.2 Å². The van der Waals surface area contributed by atoms with Crippen LogP contribution < -0.4 is 4.74 Å². The molecule has 0 N–H and O–H groups in total. The summed E-state index contributed by atoms with van der Waals surface area (Å²) in [5.41, 5.74) is 6.01. The van der Waals surface area contributed by atoms with Crippen LogP contribution in [0.25, 0.3) is 5.57 Å². The summed E-state index contributed by atoms with van der Waals surface area (Å²) in [6.45, 7) is 2.14. The molecule has 0 fully saturated rings. The number of carbonyl (C=O) groups excluding carboxylic acids is 1. The summed E-state index contributed by atoms with van der Waals surface area (Å²) in [4.78, 5) is 0. The molecule has 0 amide bonds. The van der Waals surface area contributed by atoms with Crippen LogP contribution in [0.1, 0.15) is 16.7 Å². The van der Waals surface area contributed by atoms with Gasteiger partial charge in [0.15, 0.2) is 0 Å². The van der Waals surface area contributed by atoms with E-state index in [9.17, 15) is 17.3 Å². The van der Waals surface area contributed by atoms with Gasteiger partial charge in [0, 0.05) is 12.2 Å². The van der Waals surface area contributed by atoms with Crippen molar-refractivity contribution in [3.63, 3.8) is 0 Å². The smallest absolute Gasteiger partial charge is 0.497 e. The highest BCUT2D eigenvalue weighted by molar-refractivity contribution is 6.50. The number of allylic oxidation sites excluding steroid dienone is 5. The lowest BCUT2D eigenvalue weighted by Gasteiger charge is -2.15. The van der Waals surface area contributed by atoms with Crippen molar-refractivity contribution in [2.45, 2.75) is 6.92 Å². The first kappa shape index (κ1) is 22.2. The van der Waals surface area contributed by atoms with Crippen molar-refractivity contribution < 1.29 is 26.4 Å². The minimum Gasteiger partial charge on any atom is -0.497 e. The summed E-state index contributed by atoms with van der Waals surface area (Å²) in [5.74, 6) is 1.72. The van der Waals surface area contributed by atoms with Crippen LogP contribution >= 0.6 is 0 Å². The van der Waals surface area contributed by atoms with E-state index in [0.717, 1.165) is 22.7 Å². The van der Waals surface area contributed by atoms with E-state index in [4.69, 9.17) is 9.16 Å². The van der Waals surface area contributed by atoms with E-state index < -0.39 is 7.25 Å². The normalized spacial score (nSPS) is 12.9. The summed E-state index contributed by atoms with van der Waals surface area (Å²) in [5, 5.41) is 0. The minimum absolute atomic E-state index is 0.859. The summed E-state index contributed by atoms with van der Waals surface area (Å²) in [7, 11) is -2.63. The Morgan fingerprint density at radius 2 is 1.41 bits per heavy atom. The molecule has 152 valence electrons. The maximum atomic E-state index is 9.75. The van der Waals surface area contributed by atoms with Crippen molar-refractivity contribution in [2.24, 2.45) is 0 Å². The molecule has 0 bridgehead atoms. The fourth-order valence-corrected chi connectivity index (χ4v) is 2.85. The summed E-state index contributed by atoms with van der Waals surface area (Å²) in [6.07, 6.45) is 8.20. The van der Waals surface area contributed by atoms with Crippen molar-refractivity contribution >= 4 is 18.6 Å². The quantitative estimate of drug-likeness (QED) is 0.351. The third kappa shape index (κ3) is 6.78. The molecule has 1 aliphatic carbocycles. The van der Waals surface area contributed by atoms with Gasteiger partial charge in [-0.3, -0.25) is 4.42 Å². The van der Waals surface area contributed by atoms with E-state index in [1.165, 1.54) is 16.7 Å². The standard InChI is InChI=1S/C22H21O2.BF4/c1-16-6-4-5-7-21(16)22(17-8-12-19(23-2)13-9-17)18-10-14-20(24-3)15-11-18;2-1(3,4)5/h4-15H,1-3H3;/q+1;-1. The Morgan fingerprint density at radius 3 is 1.90 bits per heavy atom. The number of methoxy groups -OCH3 is 1. The Morgan fingerprint density at radius 1 is 0.862 bits per heavy atom. The SMILES string of the molecule is COc1ccc(C(=C2C=CC(=[O+]C)C=C2)c2ccccc2C)cc1.F[B-](F)(F)F. The first-order chi connectivity index (χ1) is 13.7. The Labute approximate surface area is 167 Å². The fourth-order valence-electron chi connectivity index (χ4n) is 2.85. The van der Waals surface area contributed by atoms with Crippen LogP contribution in [0, 0.1) is 6.92 Å². The fraction of sp³-hybridized carbons (Fsp3) is 0.136. The average Bonchev–Trinajstić information content (AvgIpc) is 2.69. The lowest BCUT2D eigenvalue weighted by atomic mass is 9.88. The lowest BCUT2D eigenvalue weighted by Crippen LogP contribution is -2.02. The number of hydrogen-bond donors (Lipinski definition) is 0. The van der Waals surface area contributed by atoms with Gasteiger partial charge in [0.25, 0.3) is 7.11 Å². The van der Waals surface area contributed by atoms with Crippen LogP contribution in [0.2, 0.25) is 0 Å². The molecule has 0 unspecified atom stereocenters. The van der Waals surface area contributed by atoms with Gasteiger partial charge < -0.3 is 22.0 Å². The largest absolute Gasteiger partial charge is 0.673 e. The maximum Gasteiger partial charge on any atom is 0.673 e. The van der Waals surface area contributed by atoms with Crippen LogP contribution in [0.4, 0.5) is 17.3 Å². The van der Waals surface area contributed by atoms with Crippen molar-refractivity contribution in [2.75, 3.05) is 14.2 Å². The van der Waals surface area contributed by atoms with Crippen molar-refractivity contribution in [1.82, 2.24) is 0 Å². The van der Waals surface area contributed by atoms with Crippen molar-refractivity contribution in [3.05, 3.63) is 95.1 Å². The van der Waals surface area contributed by atoms with Crippen LogP contribution in [0.5, 0.6) is 5.75 Å². The van der Waals surface area contributed by atoms with Gasteiger partial charge in [-0.15, -0.1) is 0 Å². The minimum atomic E-state index is -6.00. The second-order valence-corrected chi connectivity index (χ2v) is 6.14. The topological polar surface area (TPSA) is 20.5 Å². The van der Waals surface area contributed by atoms with Crippen LogP contribution in [0.3, 0.4) is 0 Å². The molecule has 0 saturated heterocycles. The second-order valence-electron chi connectivity index (χ2n) is 6.14.